The first kappa shape index (κ1) is 16.3. The number of carbonyl (C=O) groups is 1. The monoisotopic (exact) mass is 336 g/mol. The van der Waals surface area contributed by atoms with Crippen LogP contribution in [0.25, 0.3) is 0 Å². The molecule has 0 fully saturated rings. The van der Waals surface area contributed by atoms with Gasteiger partial charge in [0, 0.05) is 18.3 Å². The van der Waals surface area contributed by atoms with E-state index in [-0.39, 0.29) is 24.7 Å². The van der Waals surface area contributed by atoms with Crippen LogP contribution in [0.3, 0.4) is 0 Å². The first-order valence-electron chi connectivity index (χ1n) is 7.56. The number of terminal acetylenes is 1. The summed E-state index contributed by atoms with van der Waals surface area (Å²) in [5.41, 5.74) is 0.925. The minimum absolute atomic E-state index is 0.180. The third-order valence-corrected chi connectivity index (χ3v) is 3.69. The summed E-state index contributed by atoms with van der Waals surface area (Å²) in [6.07, 6.45) is 8.35. The summed E-state index contributed by atoms with van der Waals surface area (Å²) in [6, 6.07) is 10.6. The number of aryl methyl sites for hydroxylation is 1. The van der Waals surface area contributed by atoms with Crippen LogP contribution in [0.15, 0.2) is 58.2 Å². The predicted octanol–water partition coefficient (Wildman–Crippen LogP) is 1.39. The highest BCUT2D eigenvalue weighted by Gasteiger charge is 2.19. The average molecular weight is 336 g/mol. The van der Waals surface area contributed by atoms with E-state index in [1.54, 1.807) is 49.7 Å². The molecule has 2 aromatic heterocycles. The molecule has 7 nitrogen and oxygen atoms in total. The molecular weight excluding hydrogens is 320 g/mol. The van der Waals surface area contributed by atoms with Crippen LogP contribution in [0.4, 0.5) is 5.69 Å². The average Bonchev–Trinajstić information content (AvgIpc) is 3.25. The van der Waals surface area contributed by atoms with E-state index < -0.39 is 0 Å². The fraction of sp³-hybridized carbons (Fsp3) is 0.167. The lowest BCUT2D eigenvalue weighted by molar-refractivity contribution is -0.119. The van der Waals surface area contributed by atoms with Crippen molar-refractivity contribution in [3.8, 4) is 12.3 Å². The highest BCUT2D eigenvalue weighted by atomic mass is 16.3. The number of carbonyl (C=O) groups excluding carboxylic acids is 1. The van der Waals surface area contributed by atoms with Gasteiger partial charge in [0.15, 0.2) is 0 Å². The van der Waals surface area contributed by atoms with Gasteiger partial charge >= 0.3 is 5.69 Å². The maximum Gasteiger partial charge on any atom is 0.345 e. The number of benzene rings is 1. The summed E-state index contributed by atoms with van der Waals surface area (Å²) in [4.78, 5) is 26.3. The standard InChI is InChI=1S/C18H16N4O3/c1-3-14-6-4-7-15(10-14)21(11-16-8-5-9-25-16)17(23)12-22-18(24)20(2)13-19-22/h1,4-10,13H,11-12H2,2H3. The number of hydrogen-bond donors (Lipinski definition) is 0. The lowest BCUT2D eigenvalue weighted by atomic mass is 10.2. The molecule has 0 aliphatic carbocycles. The van der Waals surface area contributed by atoms with Crippen molar-refractivity contribution < 1.29 is 9.21 Å². The fourth-order valence-electron chi connectivity index (χ4n) is 2.39. The summed E-state index contributed by atoms with van der Waals surface area (Å²) in [6.45, 7) is 0.0438. The van der Waals surface area contributed by atoms with E-state index in [9.17, 15) is 9.59 Å². The highest BCUT2D eigenvalue weighted by Crippen LogP contribution is 2.19. The van der Waals surface area contributed by atoms with Gasteiger partial charge in [-0.1, -0.05) is 12.0 Å². The second-order valence-electron chi connectivity index (χ2n) is 5.44. The first-order chi connectivity index (χ1) is 12.1. The smallest absolute Gasteiger partial charge is 0.345 e. The SMILES string of the molecule is C#Cc1cccc(N(Cc2ccco2)C(=O)Cn2ncn(C)c2=O)c1. The molecule has 1 aromatic carbocycles. The fourth-order valence-corrected chi connectivity index (χ4v) is 2.39. The molecular formula is C18H16N4O3. The molecule has 0 spiro atoms. The summed E-state index contributed by atoms with van der Waals surface area (Å²) in [5.74, 6) is 2.87. The van der Waals surface area contributed by atoms with Crippen molar-refractivity contribution in [2.75, 3.05) is 4.90 Å². The maximum atomic E-state index is 12.8. The molecule has 0 saturated heterocycles. The topological polar surface area (TPSA) is 73.3 Å². The van der Waals surface area contributed by atoms with Crippen LogP contribution in [0, 0.1) is 12.3 Å². The Morgan fingerprint density at radius 1 is 1.36 bits per heavy atom. The molecule has 2 heterocycles. The van der Waals surface area contributed by atoms with Gasteiger partial charge < -0.3 is 9.32 Å². The van der Waals surface area contributed by atoms with Gasteiger partial charge in [0.05, 0.1) is 12.8 Å². The van der Waals surface area contributed by atoms with Crippen LogP contribution >= 0.6 is 0 Å². The van der Waals surface area contributed by atoms with Gasteiger partial charge in [-0.05, 0) is 30.3 Å². The lowest BCUT2D eigenvalue weighted by Gasteiger charge is -2.22. The van der Waals surface area contributed by atoms with E-state index in [4.69, 9.17) is 10.8 Å². The molecule has 3 rings (SSSR count). The second kappa shape index (κ2) is 6.93. The van der Waals surface area contributed by atoms with Crippen molar-refractivity contribution in [2.24, 2.45) is 7.05 Å². The molecule has 0 N–H and O–H groups in total. The third kappa shape index (κ3) is 3.53. The van der Waals surface area contributed by atoms with Gasteiger partial charge in [0.1, 0.15) is 18.6 Å². The van der Waals surface area contributed by atoms with E-state index in [0.717, 1.165) is 4.68 Å². The summed E-state index contributed by atoms with van der Waals surface area (Å²) in [7, 11) is 1.58. The zero-order valence-corrected chi connectivity index (χ0v) is 13.6. The number of aromatic nitrogens is 3. The van der Waals surface area contributed by atoms with Gasteiger partial charge in [0.2, 0.25) is 5.91 Å². The number of amides is 1. The zero-order valence-electron chi connectivity index (χ0n) is 13.6. The van der Waals surface area contributed by atoms with E-state index in [2.05, 4.69) is 11.0 Å². The molecule has 0 radical (unpaired) electrons. The summed E-state index contributed by atoms with van der Waals surface area (Å²) >= 11 is 0. The van der Waals surface area contributed by atoms with E-state index >= 15 is 0 Å². The van der Waals surface area contributed by atoms with Crippen molar-refractivity contribution in [1.82, 2.24) is 14.3 Å². The first-order valence-corrected chi connectivity index (χ1v) is 7.56. The lowest BCUT2D eigenvalue weighted by Crippen LogP contribution is -2.36. The minimum Gasteiger partial charge on any atom is -0.467 e. The maximum absolute atomic E-state index is 12.8. The van der Waals surface area contributed by atoms with Gasteiger partial charge in [-0.25, -0.2) is 9.48 Å². The molecule has 0 saturated carbocycles. The van der Waals surface area contributed by atoms with Crippen LogP contribution in [0.1, 0.15) is 11.3 Å². The normalized spacial score (nSPS) is 10.4. The Morgan fingerprint density at radius 2 is 2.20 bits per heavy atom. The third-order valence-electron chi connectivity index (χ3n) is 3.69. The predicted molar refractivity (Wildman–Crippen MR) is 91.7 cm³/mol. The van der Waals surface area contributed by atoms with Gasteiger partial charge in [-0.15, -0.1) is 6.42 Å². The van der Waals surface area contributed by atoms with Crippen molar-refractivity contribution in [2.45, 2.75) is 13.1 Å². The Kier molecular flexibility index (Phi) is 4.53. The number of furan rings is 1. The Bertz CT molecular complexity index is 976. The Morgan fingerprint density at radius 3 is 2.84 bits per heavy atom. The van der Waals surface area contributed by atoms with E-state index in [1.807, 2.05) is 0 Å². The number of nitrogens with zero attached hydrogens (tertiary/aromatic N) is 4. The van der Waals surface area contributed by atoms with Crippen LogP contribution in [0.2, 0.25) is 0 Å². The number of hydrogen-bond acceptors (Lipinski definition) is 4. The van der Waals surface area contributed by atoms with E-state index in [0.29, 0.717) is 17.0 Å². The largest absolute Gasteiger partial charge is 0.467 e. The number of anilines is 1. The van der Waals surface area contributed by atoms with Crippen LogP contribution in [0.5, 0.6) is 0 Å². The molecule has 0 unspecified atom stereocenters. The molecule has 25 heavy (non-hydrogen) atoms. The van der Waals surface area contributed by atoms with Crippen LogP contribution in [-0.4, -0.2) is 20.3 Å². The Balaban J connectivity index is 1.92. The molecule has 7 heteroatoms. The van der Waals surface area contributed by atoms with Crippen LogP contribution < -0.4 is 10.6 Å². The minimum atomic E-state index is -0.358. The second-order valence-corrected chi connectivity index (χ2v) is 5.44. The van der Waals surface area contributed by atoms with Crippen molar-refractivity contribution in [1.29, 1.82) is 0 Å². The van der Waals surface area contributed by atoms with Crippen molar-refractivity contribution in [3.05, 3.63) is 70.8 Å². The highest BCUT2D eigenvalue weighted by molar-refractivity contribution is 5.93. The Hall–Kier alpha value is -3.53. The van der Waals surface area contributed by atoms with Crippen molar-refractivity contribution >= 4 is 11.6 Å². The van der Waals surface area contributed by atoms with Crippen LogP contribution in [-0.2, 0) is 24.9 Å². The van der Waals surface area contributed by atoms with Gasteiger partial charge in [0.25, 0.3) is 0 Å². The number of rotatable bonds is 5. The van der Waals surface area contributed by atoms with Crippen molar-refractivity contribution in [3.63, 3.8) is 0 Å². The quantitative estimate of drug-likeness (QED) is 0.660. The van der Waals surface area contributed by atoms with E-state index in [1.165, 1.54) is 15.8 Å². The summed E-state index contributed by atoms with van der Waals surface area (Å²) < 4.78 is 7.77. The van der Waals surface area contributed by atoms with Gasteiger partial charge in [-0.3, -0.25) is 9.36 Å². The summed E-state index contributed by atoms with van der Waals surface area (Å²) in [5, 5.41) is 3.93. The molecule has 126 valence electrons. The zero-order chi connectivity index (χ0) is 17.8. The van der Waals surface area contributed by atoms with Gasteiger partial charge in [-0.2, -0.15) is 5.10 Å². The molecule has 1 amide bonds. The molecule has 0 aliphatic rings. The molecule has 0 aliphatic heterocycles. The molecule has 0 bridgehead atoms. The molecule has 3 aromatic rings. The Labute approximate surface area is 144 Å². The molecule has 0 atom stereocenters.